The first-order valence-corrected chi connectivity index (χ1v) is 6.80. The molecule has 0 saturated carbocycles. The highest BCUT2D eigenvalue weighted by atomic mass is 16.5. The van der Waals surface area contributed by atoms with Gasteiger partial charge in [0.05, 0.1) is 20.3 Å². The molecule has 1 N–H and O–H groups in total. The van der Waals surface area contributed by atoms with Crippen LogP contribution in [0, 0.1) is 6.92 Å². The fraction of sp³-hybridized carbons (Fsp3) is 0.294. The molecular weight excluding hydrogens is 250 g/mol. The van der Waals surface area contributed by atoms with Crippen LogP contribution in [0.4, 0.5) is 5.69 Å². The molecule has 0 radical (unpaired) electrons. The predicted octanol–water partition coefficient (Wildman–Crippen LogP) is 3.72. The van der Waals surface area contributed by atoms with Crippen LogP contribution in [0.5, 0.6) is 11.5 Å². The van der Waals surface area contributed by atoms with E-state index in [4.69, 9.17) is 9.47 Å². The van der Waals surface area contributed by atoms with Crippen LogP contribution in [-0.2, 0) is 6.42 Å². The number of benzene rings is 2. The van der Waals surface area contributed by atoms with E-state index in [2.05, 4.69) is 42.6 Å². The Labute approximate surface area is 119 Å². The van der Waals surface area contributed by atoms with E-state index in [1.54, 1.807) is 14.2 Å². The maximum absolute atomic E-state index is 5.38. The summed E-state index contributed by atoms with van der Waals surface area (Å²) >= 11 is 0. The van der Waals surface area contributed by atoms with E-state index in [1.165, 1.54) is 22.4 Å². The summed E-state index contributed by atoms with van der Waals surface area (Å²) in [5.74, 6) is 1.54. The summed E-state index contributed by atoms with van der Waals surface area (Å²) < 4.78 is 10.7. The minimum Gasteiger partial charge on any atom is -0.493 e. The Morgan fingerprint density at radius 3 is 2.55 bits per heavy atom. The number of hydrogen-bond acceptors (Lipinski definition) is 3. The van der Waals surface area contributed by atoms with Crippen molar-refractivity contribution in [3.05, 3.63) is 53.1 Å². The van der Waals surface area contributed by atoms with Gasteiger partial charge in [-0.3, -0.25) is 0 Å². The Bertz CT molecular complexity index is 637. The second kappa shape index (κ2) is 5.08. The Hall–Kier alpha value is -2.16. The Kier molecular flexibility index (Phi) is 3.26. The lowest BCUT2D eigenvalue weighted by Gasteiger charge is -2.15. The van der Waals surface area contributed by atoms with Gasteiger partial charge in [-0.15, -0.1) is 0 Å². The largest absolute Gasteiger partial charge is 0.493 e. The third-order valence-electron chi connectivity index (χ3n) is 3.91. The van der Waals surface area contributed by atoms with Crippen LogP contribution in [0.3, 0.4) is 0 Å². The van der Waals surface area contributed by atoms with E-state index < -0.39 is 0 Å². The van der Waals surface area contributed by atoms with Gasteiger partial charge in [-0.2, -0.15) is 0 Å². The molecule has 0 saturated heterocycles. The molecular formula is C17H19NO2. The number of hydrogen-bond donors (Lipinski definition) is 1. The molecule has 0 aliphatic carbocycles. The molecule has 2 aromatic rings. The molecule has 0 amide bonds. The van der Waals surface area contributed by atoms with Crippen LogP contribution in [0.25, 0.3) is 0 Å². The van der Waals surface area contributed by atoms with E-state index in [0.717, 1.165) is 17.9 Å². The van der Waals surface area contributed by atoms with Crippen LogP contribution in [0.1, 0.15) is 22.7 Å². The molecule has 1 unspecified atom stereocenters. The van der Waals surface area contributed by atoms with Gasteiger partial charge in [0.15, 0.2) is 11.5 Å². The molecule has 3 nitrogen and oxygen atoms in total. The van der Waals surface area contributed by atoms with E-state index in [9.17, 15) is 0 Å². The molecule has 0 spiro atoms. The van der Waals surface area contributed by atoms with Crippen molar-refractivity contribution < 1.29 is 9.47 Å². The number of ether oxygens (including phenoxy) is 2. The third-order valence-corrected chi connectivity index (χ3v) is 3.91. The first-order chi connectivity index (χ1) is 9.72. The minimum absolute atomic E-state index is 0.297. The van der Waals surface area contributed by atoms with Crippen molar-refractivity contribution in [3.63, 3.8) is 0 Å². The molecule has 2 aromatic carbocycles. The van der Waals surface area contributed by atoms with E-state index in [1.807, 2.05) is 6.07 Å². The van der Waals surface area contributed by atoms with Crippen molar-refractivity contribution >= 4 is 5.69 Å². The fourth-order valence-electron chi connectivity index (χ4n) is 2.82. The van der Waals surface area contributed by atoms with Crippen LogP contribution >= 0.6 is 0 Å². The van der Waals surface area contributed by atoms with Crippen molar-refractivity contribution in [1.29, 1.82) is 0 Å². The summed E-state index contributed by atoms with van der Waals surface area (Å²) in [4.78, 5) is 0. The van der Waals surface area contributed by atoms with Gasteiger partial charge >= 0.3 is 0 Å². The second-order valence-corrected chi connectivity index (χ2v) is 5.12. The summed E-state index contributed by atoms with van der Waals surface area (Å²) in [6.45, 7) is 2.14. The lowest BCUT2D eigenvalue weighted by Crippen LogP contribution is -2.06. The average Bonchev–Trinajstić information content (AvgIpc) is 2.92. The lowest BCUT2D eigenvalue weighted by atomic mass is 10.0. The van der Waals surface area contributed by atoms with E-state index in [-0.39, 0.29) is 0 Å². The molecule has 0 fully saturated rings. The van der Waals surface area contributed by atoms with Crippen molar-refractivity contribution in [2.45, 2.75) is 19.4 Å². The number of anilines is 1. The monoisotopic (exact) mass is 269 g/mol. The molecule has 20 heavy (non-hydrogen) atoms. The maximum Gasteiger partial charge on any atom is 0.161 e. The van der Waals surface area contributed by atoms with Crippen molar-refractivity contribution in [3.8, 4) is 11.5 Å². The molecule has 0 bridgehead atoms. The summed E-state index contributed by atoms with van der Waals surface area (Å²) in [5.41, 5.74) is 5.17. The van der Waals surface area contributed by atoms with E-state index in [0.29, 0.717) is 6.04 Å². The number of rotatable bonds is 3. The van der Waals surface area contributed by atoms with Crippen molar-refractivity contribution in [2.75, 3.05) is 19.5 Å². The average molecular weight is 269 g/mol. The number of methoxy groups -OCH3 is 2. The summed E-state index contributed by atoms with van der Waals surface area (Å²) in [7, 11) is 3.33. The van der Waals surface area contributed by atoms with Gasteiger partial charge in [-0.05, 0) is 42.2 Å². The van der Waals surface area contributed by atoms with Crippen LogP contribution < -0.4 is 14.8 Å². The maximum atomic E-state index is 5.38. The molecule has 1 aliphatic rings. The van der Waals surface area contributed by atoms with Crippen LogP contribution in [0.15, 0.2) is 36.4 Å². The van der Waals surface area contributed by atoms with Gasteiger partial charge in [-0.25, -0.2) is 0 Å². The van der Waals surface area contributed by atoms with Gasteiger partial charge in [0.25, 0.3) is 0 Å². The normalized spacial score (nSPS) is 16.4. The van der Waals surface area contributed by atoms with Gasteiger partial charge in [0.1, 0.15) is 0 Å². The Morgan fingerprint density at radius 2 is 1.85 bits per heavy atom. The minimum atomic E-state index is 0.297. The fourth-order valence-corrected chi connectivity index (χ4v) is 2.82. The van der Waals surface area contributed by atoms with Gasteiger partial charge in [-0.1, -0.05) is 24.3 Å². The zero-order chi connectivity index (χ0) is 14.1. The first kappa shape index (κ1) is 12.9. The highest BCUT2D eigenvalue weighted by Crippen LogP contribution is 2.38. The SMILES string of the molecule is COc1ccc(C2Cc3cccc(C)c3N2)cc1OC. The number of nitrogens with one attached hydrogen (secondary N) is 1. The topological polar surface area (TPSA) is 30.5 Å². The highest BCUT2D eigenvalue weighted by Gasteiger charge is 2.23. The van der Waals surface area contributed by atoms with Crippen LogP contribution in [0.2, 0.25) is 0 Å². The lowest BCUT2D eigenvalue weighted by molar-refractivity contribution is 0.354. The molecule has 0 aromatic heterocycles. The Balaban J connectivity index is 1.91. The Morgan fingerprint density at radius 1 is 1.05 bits per heavy atom. The van der Waals surface area contributed by atoms with Crippen LogP contribution in [-0.4, -0.2) is 14.2 Å². The first-order valence-electron chi connectivity index (χ1n) is 6.80. The molecule has 3 heteroatoms. The van der Waals surface area contributed by atoms with Gasteiger partial charge in [0.2, 0.25) is 0 Å². The summed E-state index contributed by atoms with van der Waals surface area (Å²) in [6, 6.07) is 12.9. The standard InChI is InChI=1S/C17H19NO2/c1-11-5-4-6-13-9-14(18-17(11)13)12-7-8-15(19-2)16(10-12)20-3/h4-8,10,14,18H,9H2,1-3H3. The van der Waals surface area contributed by atoms with Crippen molar-refractivity contribution in [2.24, 2.45) is 0 Å². The molecule has 1 atom stereocenters. The molecule has 1 aliphatic heterocycles. The molecule has 3 rings (SSSR count). The van der Waals surface area contributed by atoms with Crippen molar-refractivity contribution in [1.82, 2.24) is 0 Å². The molecule has 1 heterocycles. The number of aryl methyl sites for hydroxylation is 1. The highest BCUT2D eigenvalue weighted by molar-refractivity contribution is 5.63. The third kappa shape index (κ3) is 2.09. The second-order valence-electron chi connectivity index (χ2n) is 5.12. The zero-order valence-electron chi connectivity index (χ0n) is 12.1. The number of fused-ring (bicyclic) bond motifs is 1. The summed E-state index contributed by atoms with van der Waals surface area (Å²) in [6.07, 6.45) is 1.01. The molecule has 104 valence electrons. The zero-order valence-corrected chi connectivity index (χ0v) is 12.1. The van der Waals surface area contributed by atoms with Gasteiger partial charge < -0.3 is 14.8 Å². The quantitative estimate of drug-likeness (QED) is 0.921. The van der Waals surface area contributed by atoms with E-state index >= 15 is 0 Å². The van der Waals surface area contributed by atoms with Gasteiger partial charge in [0, 0.05) is 5.69 Å². The smallest absolute Gasteiger partial charge is 0.161 e. The predicted molar refractivity (Wildman–Crippen MR) is 80.8 cm³/mol. The number of para-hydroxylation sites is 1. The summed E-state index contributed by atoms with van der Waals surface area (Å²) in [5, 5.41) is 3.61.